The molecule has 0 aromatic heterocycles. The largest absolute Gasteiger partial charge is 0.462 e. The van der Waals surface area contributed by atoms with Crippen LogP contribution in [0.25, 0.3) is 0 Å². The van der Waals surface area contributed by atoms with E-state index < -0.39 is 0 Å². The van der Waals surface area contributed by atoms with Crippen LogP contribution in [0, 0.1) is 12.3 Å². The van der Waals surface area contributed by atoms with E-state index in [0.717, 1.165) is 19.3 Å². The molecule has 3 saturated carbocycles. The first kappa shape index (κ1) is 13.3. The number of Topliss-reactive ketones (excluding diaryl/α,β-unsaturated/α-hetero) is 1. The molecule has 1 aromatic carbocycles. The maximum absolute atomic E-state index is 11.8. The molecular weight excluding hydrogens is 252 g/mol. The molecule has 3 fully saturated rings. The number of carbonyl (C=O) groups is 2. The van der Waals surface area contributed by atoms with E-state index in [1.54, 1.807) is 6.92 Å². The van der Waals surface area contributed by atoms with Crippen LogP contribution in [0.1, 0.15) is 54.6 Å². The van der Waals surface area contributed by atoms with Crippen LogP contribution >= 0.6 is 0 Å². The van der Waals surface area contributed by atoms with E-state index in [0.29, 0.717) is 18.0 Å². The van der Waals surface area contributed by atoms with Gasteiger partial charge in [-0.2, -0.15) is 0 Å². The van der Waals surface area contributed by atoms with Crippen molar-refractivity contribution in [2.45, 2.75) is 45.4 Å². The maximum atomic E-state index is 11.8. The van der Waals surface area contributed by atoms with E-state index in [2.05, 4.69) is 6.92 Å². The molecule has 2 bridgehead atoms. The first-order valence-electron chi connectivity index (χ1n) is 7.22. The lowest BCUT2D eigenvalue weighted by Crippen LogP contribution is -2.67. The fourth-order valence-electron chi connectivity index (χ4n) is 3.98. The highest BCUT2D eigenvalue weighted by Crippen LogP contribution is 2.74. The van der Waals surface area contributed by atoms with Crippen molar-refractivity contribution in [2.24, 2.45) is 5.41 Å². The standard InChI is InChI=1S/C17H20O3/c1-4-20-15(19)13-6-5-11(2)14(7-13)17-8-16(9-17,10-17)12(3)18/h5-7H,4,8-10H2,1-3H3. The SMILES string of the molecule is CCOC(=O)c1ccc(C)c(C23CC(C(C)=O)(C2)C3)c1. The van der Waals surface area contributed by atoms with Crippen LogP contribution in [-0.4, -0.2) is 18.4 Å². The highest BCUT2D eigenvalue weighted by atomic mass is 16.5. The molecule has 3 aliphatic rings. The minimum Gasteiger partial charge on any atom is -0.462 e. The summed E-state index contributed by atoms with van der Waals surface area (Å²) in [6.45, 7) is 5.97. The number of benzene rings is 1. The van der Waals surface area contributed by atoms with Gasteiger partial charge in [-0.15, -0.1) is 0 Å². The Morgan fingerprint density at radius 1 is 1.25 bits per heavy atom. The predicted octanol–water partition coefficient (Wildman–Crippen LogP) is 3.18. The molecule has 0 atom stereocenters. The highest BCUT2D eigenvalue weighted by Gasteiger charge is 2.70. The number of hydrogen-bond acceptors (Lipinski definition) is 3. The van der Waals surface area contributed by atoms with Crippen molar-refractivity contribution in [1.82, 2.24) is 0 Å². The number of rotatable bonds is 4. The van der Waals surface area contributed by atoms with Crippen molar-refractivity contribution in [3.8, 4) is 0 Å². The fraction of sp³-hybridized carbons (Fsp3) is 0.529. The van der Waals surface area contributed by atoms with E-state index in [9.17, 15) is 9.59 Å². The zero-order chi connectivity index (χ0) is 14.5. The second-order valence-electron chi connectivity index (χ2n) is 6.40. The van der Waals surface area contributed by atoms with Crippen LogP contribution in [0.15, 0.2) is 18.2 Å². The smallest absolute Gasteiger partial charge is 0.338 e. The highest BCUT2D eigenvalue weighted by molar-refractivity contribution is 5.90. The van der Waals surface area contributed by atoms with Gasteiger partial charge in [0, 0.05) is 5.41 Å². The molecule has 0 spiro atoms. The van der Waals surface area contributed by atoms with Crippen molar-refractivity contribution < 1.29 is 14.3 Å². The summed E-state index contributed by atoms with van der Waals surface area (Å²) in [6, 6.07) is 5.78. The quantitative estimate of drug-likeness (QED) is 0.791. The van der Waals surface area contributed by atoms with Gasteiger partial charge >= 0.3 is 5.97 Å². The van der Waals surface area contributed by atoms with E-state index in [-0.39, 0.29) is 16.8 Å². The Morgan fingerprint density at radius 3 is 2.45 bits per heavy atom. The number of ether oxygens (including phenoxy) is 1. The summed E-state index contributed by atoms with van der Waals surface area (Å²) >= 11 is 0. The predicted molar refractivity (Wildman–Crippen MR) is 75.8 cm³/mol. The molecule has 3 aliphatic carbocycles. The summed E-state index contributed by atoms with van der Waals surface area (Å²) in [5.74, 6) is 0.0557. The van der Waals surface area contributed by atoms with Gasteiger partial charge in [-0.25, -0.2) is 4.79 Å². The molecule has 0 unspecified atom stereocenters. The van der Waals surface area contributed by atoms with Crippen LogP contribution in [0.4, 0.5) is 0 Å². The van der Waals surface area contributed by atoms with Crippen molar-refractivity contribution in [3.05, 3.63) is 34.9 Å². The van der Waals surface area contributed by atoms with Crippen LogP contribution in [0.3, 0.4) is 0 Å². The molecule has 0 N–H and O–H groups in total. The second kappa shape index (κ2) is 4.18. The first-order valence-corrected chi connectivity index (χ1v) is 7.22. The van der Waals surface area contributed by atoms with Crippen molar-refractivity contribution in [3.63, 3.8) is 0 Å². The van der Waals surface area contributed by atoms with Gasteiger partial charge in [0.05, 0.1) is 12.2 Å². The monoisotopic (exact) mass is 272 g/mol. The third kappa shape index (κ3) is 1.65. The Hall–Kier alpha value is -1.64. The minimum atomic E-state index is -0.262. The number of esters is 1. The Labute approximate surface area is 119 Å². The molecular formula is C17H20O3. The molecule has 106 valence electrons. The summed E-state index contributed by atoms with van der Waals surface area (Å²) in [5.41, 5.74) is 3.14. The van der Waals surface area contributed by atoms with Crippen LogP contribution in [0.2, 0.25) is 0 Å². The Balaban J connectivity index is 1.87. The summed E-state index contributed by atoms with van der Waals surface area (Å²) in [5, 5.41) is 0. The van der Waals surface area contributed by atoms with Crippen molar-refractivity contribution in [1.29, 1.82) is 0 Å². The fourth-order valence-corrected chi connectivity index (χ4v) is 3.98. The van der Waals surface area contributed by atoms with E-state index >= 15 is 0 Å². The van der Waals surface area contributed by atoms with Gasteiger partial charge in [-0.1, -0.05) is 6.07 Å². The molecule has 4 rings (SSSR count). The number of carbonyl (C=O) groups excluding carboxylic acids is 2. The van der Waals surface area contributed by atoms with Gasteiger partial charge in [-0.05, 0) is 68.7 Å². The average molecular weight is 272 g/mol. The zero-order valence-corrected chi connectivity index (χ0v) is 12.3. The van der Waals surface area contributed by atoms with Gasteiger partial charge in [0.2, 0.25) is 0 Å². The normalized spacial score (nSPS) is 30.1. The lowest BCUT2D eigenvalue weighted by Gasteiger charge is -2.70. The third-order valence-corrected chi connectivity index (χ3v) is 5.10. The Kier molecular flexibility index (Phi) is 2.79. The van der Waals surface area contributed by atoms with Crippen LogP contribution in [0.5, 0.6) is 0 Å². The van der Waals surface area contributed by atoms with Gasteiger partial charge in [0.1, 0.15) is 5.78 Å². The second-order valence-corrected chi connectivity index (χ2v) is 6.40. The van der Waals surface area contributed by atoms with Gasteiger partial charge in [0.15, 0.2) is 0 Å². The third-order valence-electron chi connectivity index (χ3n) is 5.10. The van der Waals surface area contributed by atoms with E-state index in [1.165, 1.54) is 11.1 Å². The van der Waals surface area contributed by atoms with E-state index in [4.69, 9.17) is 4.74 Å². The molecule has 0 amide bonds. The summed E-state index contributed by atoms with van der Waals surface area (Å²) in [7, 11) is 0. The molecule has 0 saturated heterocycles. The van der Waals surface area contributed by atoms with Crippen molar-refractivity contribution in [2.75, 3.05) is 6.61 Å². The van der Waals surface area contributed by atoms with Crippen LogP contribution in [-0.2, 0) is 14.9 Å². The lowest BCUT2D eigenvalue weighted by atomic mass is 9.32. The number of ketones is 1. The maximum Gasteiger partial charge on any atom is 0.338 e. The number of hydrogen-bond donors (Lipinski definition) is 0. The average Bonchev–Trinajstić information content (AvgIpc) is 2.27. The Morgan fingerprint density at radius 2 is 1.90 bits per heavy atom. The molecule has 0 radical (unpaired) electrons. The lowest BCUT2D eigenvalue weighted by molar-refractivity contribution is -0.171. The zero-order valence-electron chi connectivity index (χ0n) is 12.3. The summed E-state index contributed by atoms with van der Waals surface area (Å²) < 4.78 is 5.06. The van der Waals surface area contributed by atoms with Gasteiger partial charge < -0.3 is 4.74 Å². The molecule has 20 heavy (non-hydrogen) atoms. The first-order chi connectivity index (χ1) is 9.42. The molecule has 3 heteroatoms. The minimum absolute atomic E-state index is 0.0492. The molecule has 1 aromatic rings. The van der Waals surface area contributed by atoms with Crippen LogP contribution < -0.4 is 0 Å². The summed E-state index contributed by atoms with van der Waals surface area (Å²) in [4.78, 5) is 23.5. The number of aryl methyl sites for hydroxylation is 1. The molecule has 0 heterocycles. The molecule has 0 aliphatic heterocycles. The topological polar surface area (TPSA) is 43.4 Å². The van der Waals surface area contributed by atoms with Crippen molar-refractivity contribution >= 4 is 11.8 Å². The Bertz CT molecular complexity index is 580. The van der Waals surface area contributed by atoms with Gasteiger partial charge in [0.25, 0.3) is 0 Å². The van der Waals surface area contributed by atoms with Gasteiger partial charge in [-0.3, -0.25) is 4.79 Å². The summed E-state index contributed by atoms with van der Waals surface area (Å²) in [6.07, 6.45) is 2.84. The van der Waals surface area contributed by atoms with E-state index in [1.807, 2.05) is 25.1 Å². The molecule has 3 nitrogen and oxygen atoms in total.